The van der Waals surface area contributed by atoms with Gasteiger partial charge in [0.15, 0.2) is 0 Å². The number of hydrogen-bond donors (Lipinski definition) is 1. The summed E-state index contributed by atoms with van der Waals surface area (Å²) in [5.74, 6) is 0.159. The van der Waals surface area contributed by atoms with Gasteiger partial charge in [0, 0.05) is 6.54 Å². The number of aliphatic hydroxyl groups is 1. The van der Waals surface area contributed by atoms with Crippen LogP contribution in [0.1, 0.15) is 20.3 Å². The molecule has 1 heterocycles. The number of nitrogens with zero attached hydrogens (tertiary/aromatic N) is 1. The summed E-state index contributed by atoms with van der Waals surface area (Å²) < 4.78 is 0. The Morgan fingerprint density at radius 3 is 2.50 bits per heavy atom. The van der Waals surface area contributed by atoms with E-state index in [4.69, 9.17) is 5.11 Å². The van der Waals surface area contributed by atoms with E-state index in [1.54, 1.807) is 18.7 Å². The molecule has 0 aromatic rings. The van der Waals surface area contributed by atoms with Gasteiger partial charge in [-0.1, -0.05) is 0 Å². The smallest absolute Gasteiger partial charge is 0.147 e. The van der Waals surface area contributed by atoms with Gasteiger partial charge in [0.25, 0.3) is 0 Å². The van der Waals surface area contributed by atoms with E-state index in [1.165, 1.54) is 0 Å². The Bertz CT molecular complexity index is 145. The second-order valence-corrected chi connectivity index (χ2v) is 2.78. The molecule has 0 amide bonds. The molecule has 1 rings (SSSR count). The zero-order valence-electron chi connectivity index (χ0n) is 6.37. The third-order valence-corrected chi connectivity index (χ3v) is 2.01. The van der Waals surface area contributed by atoms with Crippen LogP contribution in [0.15, 0.2) is 0 Å². The van der Waals surface area contributed by atoms with Crippen molar-refractivity contribution in [1.82, 2.24) is 4.90 Å². The summed E-state index contributed by atoms with van der Waals surface area (Å²) in [5, 5.41) is 9.07. The van der Waals surface area contributed by atoms with E-state index in [9.17, 15) is 4.79 Å². The fourth-order valence-electron chi connectivity index (χ4n) is 1.29. The molecule has 58 valence electrons. The first-order chi connectivity index (χ1) is 4.63. The van der Waals surface area contributed by atoms with Crippen LogP contribution in [0.4, 0.5) is 0 Å². The fourth-order valence-corrected chi connectivity index (χ4v) is 1.29. The highest BCUT2D eigenvalue weighted by molar-refractivity contribution is 5.82. The second-order valence-electron chi connectivity index (χ2n) is 2.78. The highest BCUT2D eigenvalue weighted by Crippen LogP contribution is 2.19. The van der Waals surface area contributed by atoms with E-state index in [0.29, 0.717) is 0 Å². The van der Waals surface area contributed by atoms with Crippen LogP contribution in [0.25, 0.3) is 0 Å². The summed E-state index contributed by atoms with van der Waals surface area (Å²) in [6, 6.07) is -0.0139. The van der Waals surface area contributed by atoms with Crippen molar-refractivity contribution >= 4 is 5.78 Å². The monoisotopic (exact) mass is 143 g/mol. The third kappa shape index (κ3) is 1.20. The van der Waals surface area contributed by atoms with E-state index >= 15 is 0 Å². The minimum absolute atomic E-state index is 0.0139. The molecule has 0 saturated carbocycles. The van der Waals surface area contributed by atoms with Crippen LogP contribution in [0.3, 0.4) is 0 Å². The topological polar surface area (TPSA) is 40.5 Å². The Hall–Kier alpha value is -0.410. The summed E-state index contributed by atoms with van der Waals surface area (Å²) >= 11 is 0. The van der Waals surface area contributed by atoms with Crippen molar-refractivity contribution in [2.24, 2.45) is 0 Å². The molecular weight excluding hydrogens is 130 g/mol. The number of Topliss-reactive ketones (excluding diaryl/α,β-unsaturated/α-hetero) is 1. The minimum Gasteiger partial charge on any atom is -0.379 e. The summed E-state index contributed by atoms with van der Waals surface area (Å²) in [7, 11) is 0. The van der Waals surface area contributed by atoms with Crippen molar-refractivity contribution in [2.45, 2.75) is 32.5 Å². The summed E-state index contributed by atoms with van der Waals surface area (Å²) in [5.41, 5.74) is 0. The predicted octanol–water partition coefficient (Wildman–Crippen LogP) is -0.0120. The van der Waals surface area contributed by atoms with Gasteiger partial charge in [-0.2, -0.15) is 0 Å². The Morgan fingerprint density at radius 2 is 2.40 bits per heavy atom. The van der Waals surface area contributed by atoms with Gasteiger partial charge in [0.1, 0.15) is 12.0 Å². The van der Waals surface area contributed by atoms with Crippen LogP contribution in [0, 0.1) is 0 Å². The molecule has 2 atom stereocenters. The van der Waals surface area contributed by atoms with Crippen LogP contribution in [0.5, 0.6) is 0 Å². The highest BCUT2D eigenvalue weighted by atomic mass is 16.3. The molecule has 0 bridgehead atoms. The SMILES string of the molecule is CC(=O)C1CCN1C(C)O. The van der Waals surface area contributed by atoms with Crippen molar-refractivity contribution in [1.29, 1.82) is 0 Å². The van der Waals surface area contributed by atoms with Crippen LogP contribution in [0.2, 0.25) is 0 Å². The average molecular weight is 143 g/mol. The molecule has 3 nitrogen and oxygen atoms in total. The molecule has 1 saturated heterocycles. The van der Waals surface area contributed by atoms with Crippen molar-refractivity contribution in [3.8, 4) is 0 Å². The quantitative estimate of drug-likeness (QED) is 0.591. The standard InChI is InChI=1S/C7H13NO2/c1-5(9)7-3-4-8(7)6(2)10/h6-7,10H,3-4H2,1-2H3. The first-order valence-electron chi connectivity index (χ1n) is 3.57. The number of ketones is 1. The number of carbonyl (C=O) groups is 1. The van der Waals surface area contributed by atoms with Crippen LogP contribution < -0.4 is 0 Å². The molecule has 1 fully saturated rings. The largest absolute Gasteiger partial charge is 0.379 e. The lowest BCUT2D eigenvalue weighted by Gasteiger charge is -2.41. The van der Waals surface area contributed by atoms with Crippen LogP contribution in [-0.4, -0.2) is 34.6 Å². The van der Waals surface area contributed by atoms with E-state index in [2.05, 4.69) is 0 Å². The Morgan fingerprint density at radius 1 is 1.80 bits per heavy atom. The molecule has 0 aromatic heterocycles. The number of rotatable bonds is 2. The minimum atomic E-state index is -0.470. The second kappa shape index (κ2) is 2.68. The van der Waals surface area contributed by atoms with Gasteiger partial charge in [-0.05, 0) is 20.3 Å². The number of likely N-dealkylation sites (tertiary alicyclic amines) is 1. The highest BCUT2D eigenvalue weighted by Gasteiger charge is 2.33. The lowest BCUT2D eigenvalue weighted by molar-refractivity contribution is -0.135. The van der Waals surface area contributed by atoms with Crippen LogP contribution in [-0.2, 0) is 4.79 Å². The maximum atomic E-state index is 10.8. The Kier molecular flexibility index (Phi) is 2.06. The van der Waals surface area contributed by atoms with Gasteiger partial charge < -0.3 is 5.11 Å². The molecule has 2 unspecified atom stereocenters. The van der Waals surface area contributed by atoms with Crippen LogP contribution >= 0.6 is 0 Å². The lowest BCUT2D eigenvalue weighted by atomic mass is 9.99. The van der Waals surface area contributed by atoms with Crippen molar-refractivity contribution in [3.05, 3.63) is 0 Å². The van der Waals surface area contributed by atoms with E-state index in [0.717, 1.165) is 13.0 Å². The van der Waals surface area contributed by atoms with Gasteiger partial charge in [0.05, 0.1) is 6.04 Å². The molecule has 0 spiro atoms. The van der Waals surface area contributed by atoms with Crippen molar-refractivity contribution in [3.63, 3.8) is 0 Å². The maximum absolute atomic E-state index is 10.8. The summed E-state index contributed by atoms with van der Waals surface area (Å²) in [6.45, 7) is 4.11. The molecule has 0 radical (unpaired) electrons. The Balaban J connectivity index is 2.43. The molecule has 3 heteroatoms. The van der Waals surface area contributed by atoms with Gasteiger partial charge in [-0.3, -0.25) is 9.69 Å². The zero-order valence-corrected chi connectivity index (χ0v) is 6.37. The molecule has 1 N–H and O–H groups in total. The molecule has 10 heavy (non-hydrogen) atoms. The number of carbonyl (C=O) groups excluding carboxylic acids is 1. The summed E-state index contributed by atoms with van der Waals surface area (Å²) in [6.07, 6.45) is 0.433. The number of hydrogen-bond acceptors (Lipinski definition) is 3. The number of aliphatic hydroxyl groups excluding tert-OH is 1. The third-order valence-electron chi connectivity index (χ3n) is 2.01. The molecular formula is C7H13NO2. The first-order valence-corrected chi connectivity index (χ1v) is 3.57. The molecule has 0 aromatic carbocycles. The lowest BCUT2D eigenvalue weighted by Crippen LogP contribution is -2.55. The van der Waals surface area contributed by atoms with Gasteiger partial charge >= 0.3 is 0 Å². The van der Waals surface area contributed by atoms with E-state index in [-0.39, 0.29) is 11.8 Å². The van der Waals surface area contributed by atoms with Crippen molar-refractivity contribution in [2.75, 3.05) is 6.54 Å². The normalized spacial score (nSPS) is 29.3. The van der Waals surface area contributed by atoms with Crippen molar-refractivity contribution < 1.29 is 9.90 Å². The molecule has 0 aliphatic carbocycles. The van der Waals surface area contributed by atoms with E-state index in [1.807, 2.05) is 0 Å². The molecule has 1 aliphatic rings. The Labute approximate surface area is 60.6 Å². The van der Waals surface area contributed by atoms with Gasteiger partial charge in [-0.15, -0.1) is 0 Å². The molecule has 1 aliphatic heterocycles. The average Bonchev–Trinajstić information content (AvgIpc) is 1.56. The van der Waals surface area contributed by atoms with Gasteiger partial charge in [-0.25, -0.2) is 0 Å². The van der Waals surface area contributed by atoms with E-state index < -0.39 is 6.23 Å². The summed E-state index contributed by atoms with van der Waals surface area (Å²) in [4.78, 5) is 12.6. The maximum Gasteiger partial charge on any atom is 0.147 e. The first kappa shape index (κ1) is 7.69. The zero-order chi connectivity index (χ0) is 7.72. The fraction of sp³-hybridized carbons (Fsp3) is 0.857. The predicted molar refractivity (Wildman–Crippen MR) is 37.5 cm³/mol. The van der Waals surface area contributed by atoms with Gasteiger partial charge in [0.2, 0.25) is 0 Å².